The molecule has 22 heavy (non-hydrogen) atoms. The summed E-state index contributed by atoms with van der Waals surface area (Å²) in [6.45, 7) is 1.88. The molecule has 1 N–H and O–H groups in total. The number of carbonyl (C=O) groups excluding carboxylic acids is 1. The van der Waals surface area contributed by atoms with Gasteiger partial charge in [0.1, 0.15) is 0 Å². The lowest BCUT2D eigenvalue weighted by atomic mass is 10.2. The fraction of sp³-hybridized carbons (Fsp3) is 0.333. The molecule has 0 aliphatic rings. The normalized spacial score (nSPS) is 11.3. The van der Waals surface area contributed by atoms with Crippen LogP contribution >= 0.6 is 11.6 Å². The molecule has 1 rings (SSSR count). The molecule has 1 aromatic rings. The Kier molecular flexibility index (Phi) is 6.44. The van der Waals surface area contributed by atoms with Crippen molar-refractivity contribution in [3.8, 4) is 11.5 Å². The van der Waals surface area contributed by atoms with Gasteiger partial charge < -0.3 is 13.7 Å². The molecule has 0 atom stereocenters. The highest BCUT2D eigenvalue weighted by Crippen LogP contribution is 2.36. The van der Waals surface area contributed by atoms with Crippen LogP contribution in [0.5, 0.6) is 11.5 Å². The summed E-state index contributed by atoms with van der Waals surface area (Å²) >= 11 is 5.97. The maximum atomic E-state index is 11.2. The summed E-state index contributed by atoms with van der Waals surface area (Å²) in [5.41, 5.74) is 2.60. The fourth-order valence-electron chi connectivity index (χ4n) is 1.37. The second kappa shape index (κ2) is 7.85. The quantitative estimate of drug-likeness (QED) is 0.476. The van der Waals surface area contributed by atoms with Gasteiger partial charge in [0.05, 0.1) is 31.2 Å². The summed E-state index contributed by atoms with van der Waals surface area (Å²) in [6, 6.07) is 2.85. The van der Waals surface area contributed by atoms with Crippen molar-refractivity contribution in [1.29, 1.82) is 0 Å². The number of nitrogens with one attached hydrogen (secondary N) is 1. The first-order valence-electron chi connectivity index (χ1n) is 5.99. The molecular formula is C12H15ClN2O6S. The minimum absolute atomic E-state index is 0.0161. The van der Waals surface area contributed by atoms with Crippen molar-refractivity contribution in [1.82, 2.24) is 5.43 Å². The molecule has 0 saturated carbocycles. The van der Waals surface area contributed by atoms with Crippen molar-refractivity contribution in [2.75, 3.05) is 20.0 Å². The van der Waals surface area contributed by atoms with E-state index in [0.717, 1.165) is 6.26 Å². The van der Waals surface area contributed by atoms with Gasteiger partial charge in [-0.15, -0.1) is 0 Å². The molecule has 0 spiro atoms. The monoisotopic (exact) mass is 350 g/mol. The smallest absolute Gasteiger partial charge is 0.427 e. The molecule has 10 heteroatoms. The number of nitrogens with zero attached hydrogens (tertiary/aromatic N) is 1. The molecule has 1 aromatic carbocycles. The lowest BCUT2D eigenvalue weighted by Crippen LogP contribution is -2.18. The Morgan fingerprint density at radius 1 is 1.45 bits per heavy atom. The van der Waals surface area contributed by atoms with Crippen molar-refractivity contribution in [2.24, 2.45) is 5.10 Å². The van der Waals surface area contributed by atoms with Crippen LogP contribution < -0.4 is 14.3 Å². The average Bonchev–Trinajstić information content (AvgIpc) is 2.40. The summed E-state index contributed by atoms with van der Waals surface area (Å²) in [5.74, 6) is -0.0160. The lowest BCUT2D eigenvalue weighted by Gasteiger charge is -2.11. The first-order chi connectivity index (χ1) is 10.3. The Bertz CT molecular complexity index is 674. The van der Waals surface area contributed by atoms with Crippen LogP contribution in [0.25, 0.3) is 0 Å². The Hall–Kier alpha value is -2.00. The van der Waals surface area contributed by atoms with E-state index >= 15 is 0 Å². The minimum atomic E-state index is -3.75. The lowest BCUT2D eigenvalue weighted by molar-refractivity contribution is 0.152. The van der Waals surface area contributed by atoms with Crippen LogP contribution in [-0.2, 0) is 14.9 Å². The Labute approximate surface area is 133 Å². The first kappa shape index (κ1) is 18.1. The van der Waals surface area contributed by atoms with Crippen molar-refractivity contribution >= 4 is 34.0 Å². The molecule has 0 heterocycles. The van der Waals surface area contributed by atoms with Crippen LogP contribution in [0.15, 0.2) is 17.2 Å². The molecule has 0 bridgehead atoms. The number of hydrogen-bond donors (Lipinski definition) is 1. The molecule has 8 nitrogen and oxygen atoms in total. The second-order valence-corrected chi connectivity index (χ2v) is 5.89. The van der Waals surface area contributed by atoms with E-state index in [0.29, 0.717) is 5.56 Å². The van der Waals surface area contributed by atoms with E-state index in [9.17, 15) is 13.2 Å². The van der Waals surface area contributed by atoms with Crippen LogP contribution in [0.1, 0.15) is 12.5 Å². The third-order valence-corrected chi connectivity index (χ3v) is 2.88. The summed E-state index contributed by atoms with van der Waals surface area (Å²) in [5, 5.41) is 3.67. The average molecular weight is 351 g/mol. The summed E-state index contributed by atoms with van der Waals surface area (Å²) in [4.78, 5) is 11.0. The van der Waals surface area contributed by atoms with Gasteiger partial charge in [0.2, 0.25) is 5.75 Å². The molecule has 122 valence electrons. The van der Waals surface area contributed by atoms with E-state index in [1.54, 1.807) is 6.92 Å². The van der Waals surface area contributed by atoms with Gasteiger partial charge in [0, 0.05) is 0 Å². The number of halogens is 1. The van der Waals surface area contributed by atoms with Crippen molar-refractivity contribution in [3.63, 3.8) is 0 Å². The Balaban J connectivity index is 2.98. The maximum absolute atomic E-state index is 11.2. The van der Waals surface area contributed by atoms with Crippen LogP contribution in [0.3, 0.4) is 0 Å². The van der Waals surface area contributed by atoms with E-state index in [4.69, 9.17) is 20.5 Å². The van der Waals surface area contributed by atoms with E-state index in [2.05, 4.69) is 15.3 Å². The van der Waals surface area contributed by atoms with Crippen LogP contribution in [-0.4, -0.2) is 40.7 Å². The molecule has 0 aromatic heterocycles. The topological polar surface area (TPSA) is 103 Å². The van der Waals surface area contributed by atoms with Crippen molar-refractivity contribution in [2.45, 2.75) is 6.92 Å². The van der Waals surface area contributed by atoms with Gasteiger partial charge in [-0.1, -0.05) is 11.6 Å². The number of rotatable bonds is 6. The van der Waals surface area contributed by atoms with Crippen LogP contribution in [0.4, 0.5) is 4.79 Å². The molecule has 0 fully saturated rings. The van der Waals surface area contributed by atoms with Crippen LogP contribution in [0, 0.1) is 0 Å². The third-order valence-electron chi connectivity index (χ3n) is 2.13. The molecule has 0 aliphatic carbocycles. The van der Waals surface area contributed by atoms with E-state index < -0.39 is 16.2 Å². The van der Waals surface area contributed by atoms with Gasteiger partial charge in [-0.25, -0.2) is 10.2 Å². The number of hydrogen-bond acceptors (Lipinski definition) is 7. The van der Waals surface area contributed by atoms with E-state index in [1.165, 1.54) is 25.5 Å². The Morgan fingerprint density at radius 2 is 2.14 bits per heavy atom. The zero-order chi connectivity index (χ0) is 16.8. The molecular weight excluding hydrogens is 336 g/mol. The van der Waals surface area contributed by atoms with Crippen molar-refractivity contribution < 1.29 is 26.9 Å². The third kappa shape index (κ3) is 5.78. The highest BCUT2D eigenvalue weighted by molar-refractivity contribution is 7.86. The number of carbonyl (C=O) groups is 1. The van der Waals surface area contributed by atoms with Crippen molar-refractivity contribution in [3.05, 3.63) is 22.7 Å². The fourth-order valence-corrected chi connectivity index (χ4v) is 2.15. The van der Waals surface area contributed by atoms with Gasteiger partial charge >= 0.3 is 16.2 Å². The van der Waals surface area contributed by atoms with E-state index in [-0.39, 0.29) is 23.1 Å². The SMILES string of the molecule is CCOC(=O)NN=Cc1cc(Cl)c(OS(C)(=O)=O)c(OC)c1. The predicted octanol–water partition coefficient (Wildman–Crippen LogP) is 1.77. The highest BCUT2D eigenvalue weighted by Gasteiger charge is 2.16. The highest BCUT2D eigenvalue weighted by atomic mass is 35.5. The van der Waals surface area contributed by atoms with Crippen LogP contribution in [0.2, 0.25) is 5.02 Å². The zero-order valence-electron chi connectivity index (χ0n) is 12.1. The summed E-state index contributed by atoms with van der Waals surface area (Å²) in [7, 11) is -2.42. The number of benzene rings is 1. The molecule has 0 saturated heterocycles. The molecule has 0 radical (unpaired) electrons. The largest absolute Gasteiger partial charge is 0.493 e. The molecule has 0 aliphatic heterocycles. The number of hydrazone groups is 1. The van der Waals surface area contributed by atoms with Gasteiger partial charge in [-0.3, -0.25) is 0 Å². The van der Waals surface area contributed by atoms with Gasteiger partial charge in [0.25, 0.3) is 0 Å². The molecule has 1 amide bonds. The standard InChI is InChI=1S/C12H15ClN2O6S/c1-4-20-12(16)15-14-7-8-5-9(13)11(10(6-8)19-2)21-22(3,17)18/h5-7H,4H2,1-3H3,(H,15,16). The first-order valence-corrected chi connectivity index (χ1v) is 8.19. The predicted molar refractivity (Wildman–Crippen MR) is 81.2 cm³/mol. The molecule has 0 unspecified atom stereocenters. The number of methoxy groups -OCH3 is 1. The number of amides is 1. The summed E-state index contributed by atoms with van der Waals surface area (Å²) < 4.78 is 36.8. The number of ether oxygens (including phenoxy) is 2. The zero-order valence-corrected chi connectivity index (χ0v) is 13.7. The Morgan fingerprint density at radius 3 is 2.68 bits per heavy atom. The van der Waals surface area contributed by atoms with Gasteiger partial charge in [-0.2, -0.15) is 13.5 Å². The summed E-state index contributed by atoms with van der Waals surface area (Å²) in [6.07, 6.45) is 1.48. The van der Waals surface area contributed by atoms with Gasteiger partial charge in [-0.05, 0) is 24.6 Å². The van der Waals surface area contributed by atoms with Gasteiger partial charge in [0.15, 0.2) is 5.75 Å². The second-order valence-electron chi connectivity index (χ2n) is 3.91. The minimum Gasteiger partial charge on any atom is -0.493 e. The van der Waals surface area contributed by atoms with E-state index in [1.807, 2.05) is 0 Å². The maximum Gasteiger partial charge on any atom is 0.427 e.